The van der Waals surface area contributed by atoms with Gasteiger partial charge < -0.3 is 10.8 Å². The molecule has 0 heterocycles. The van der Waals surface area contributed by atoms with Crippen LogP contribution in [0.2, 0.25) is 0 Å². The number of aliphatic hydroxyl groups excluding tert-OH is 1. The fourth-order valence-electron chi connectivity index (χ4n) is 1.29. The van der Waals surface area contributed by atoms with Gasteiger partial charge in [-0.15, -0.1) is 0 Å². The lowest BCUT2D eigenvalue weighted by Gasteiger charge is -2.08. The van der Waals surface area contributed by atoms with Crippen LogP contribution >= 0.6 is 0 Å². The molecule has 0 aromatic heterocycles. The number of aliphatic hydroxyl groups is 1. The van der Waals surface area contributed by atoms with Crippen molar-refractivity contribution in [1.29, 1.82) is 0 Å². The maximum Gasteiger partial charge on any atom is 0.0540 e. The fourth-order valence-corrected chi connectivity index (χ4v) is 1.29. The second kappa shape index (κ2) is 4.87. The number of aryl methyl sites for hydroxylation is 1. The van der Waals surface area contributed by atoms with E-state index in [1.165, 1.54) is 0 Å². The fraction of sp³-hybridized carbons (Fsp3) is 0.455. The van der Waals surface area contributed by atoms with E-state index >= 15 is 0 Å². The Morgan fingerprint density at radius 1 is 1.38 bits per heavy atom. The molecule has 0 saturated heterocycles. The molecule has 72 valence electrons. The van der Waals surface area contributed by atoms with Crippen LogP contribution in [0.5, 0.6) is 0 Å². The summed E-state index contributed by atoms with van der Waals surface area (Å²) in [6.45, 7) is 1.99. The molecule has 0 fully saturated rings. The molecule has 1 atom stereocenters. The second-order valence-electron chi connectivity index (χ2n) is 3.30. The highest BCUT2D eigenvalue weighted by molar-refractivity contribution is 5.46. The van der Waals surface area contributed by atoms with Crippen molar-refractivity contribution in [2.75, 3.05) is 5.73 Å². The molecule has 2 heteroatoms. The lowest BCUT2D eigenvalue weighted by molar-refractivity contribution is 0.161. The number of nitrogens with two attached hydrogens (primary N) is 1. The Hall–Kier alpha value is -1.02. The third-order valence-electron chi connectivity index (χ3n) is 2.27. The molecule has 0 aliphatic rings. The summed E-state index contributed by atoms with van der Waals surface area (Å²) in [4.78, 5) is 0. The third kappa shape index (κ3) is 3.07. The van der Waals surface area contributed by atoms with Crippen LogP contribution in [0.3, 0.4) is 0 Å². The average Bonchev–Trinajstić information content (AvgIpc) is 2.16. The van der Waals surface area contributed by atoms with Crippen molar-refractivity contribution in [1.82, 2.24) is 0 Å². The smallest absolute Gasteiger partial charge is 0.0540 e. The number of nitrogen functional groups attached to an aromatic ring is 1. The van der Waals surface area contributed by atoms with Crippen molar-refractivity contribution in [3.8, 4) is 0 Å². The van der Waals surface area contributed by atoms with Gasteiger partial charge in [-0.3, -0.25) is 0 Å². The summed E-state index contributed by atoms with van der Waals surface area (Å²) in [6.07, 6.45) is 2.28. The minimum atomic E-state index is -0.195. The zero-order valence-electron chi connectivity index (χ0n) is 8.03. The summed E-state index contributed by atoms with van der Waals surface area (Å²) >= 11 is 0. The van der Waals surface area contributed by atoms with Crippen LogP contribution in [-0.2, 0) is 6.42 Å². The SMILES string of the molecule is CCC(O)CCc1ccccc1N. The van der Waals surface area contributed by atoms with Gasteiger partial charge in [-0.2, -0.15) is 0 Å². The number of hydrogen-bond acceptors (Lipinski definition) is 2. The summed E-state index contributed by atoms with van der Waals surface area (Å²) in [7, 11) is 0. The van der Waals surface area contributed by atoms with Gasteiger partial charge in [0.05, 0.1) is 6.10 Å². The van der Waals surface area contributed by atoms with Crippen molar-refractivity contribution >= 4 is 5.69 Å². The number of para-hydroxylation sites is 1. The first kappa shape index (κ1) is 10.1. The molecule has 0 aliphatic heterocycles. The Morgan fingerprint density at radius 3 is 2.69 bits per heavy atom. The van der Waals surface area contributed by atoms with Crippen LogP contribution < -0.4 is 5.73 Å². The van der Waals surface area contributed by atoms with Crippen LogP contribution in [0.25, 0.3) is 0 Å². The van der Waals surface area contributed by atoms with Crippen molar-refractivity contribution in [2.24, 2.45) is 0 Å². The van der Waals surface area contributed by atoms with Gasteiger partial charge in [-0.1, -0.05) is 25.1 Å². The molecule has 1 unspecified atom stereocenters. The monoisotopic (exact) mass is 179 g/mol. The average molecular weight is 179 g/mol. The summed E-state index contributed by atoms with van der Waals surface area (Å²) in [5, 5.41) is 9.37. The van der Waals surface area contributed by atoms with Crippen LogP contribution in [0.1, 0.15) is 25.3 Å². The van der Waals surface area contributed by atoms with E-state index < -0.39 is 0 Å². The molecule has 13 heavy (non-hydrogen) atoms. The van der Waals surface area contributed by atoms with E-state index in [1.807, 2.05) is 31.2 Å². The van der Waals surface area contributed by atoms with Gasteiger partial charge >= 0.3 is 0 Å². The summed E-state index contributed by atoms with van der Waals surface area (Å²) < 4.78 is 0. The third-order valence-corrected chi connectivity index (χ3v) is 2.27. The highest BCUT2D eigenvalue weighted by Gasteiger charge is 2.02. The van der Waals surface area contributed by atoms with E-state index in [2.05, 4.69) is 0 Å². The summed E-state index contributed by atoms with van der Waals surface area (Å²) in [5.74, 6) is 0. The molecule has 0 aliphatic carbocycles. The van der Waals surface area contributed by atoms with Crippen molar-refractivity contribution in [3.63, 3.8) is 0 Å². The Morgan fingerprint density at radius 2 is 2.08 bits per heavy atom. The van der Waals surface area contributed by atoms with Gasteiger partial charge in [0.25, 0.3) is 0 Å². The van der Waals surface area contributed by atoms with Gasteiger partial charge in [0, 0.05) is 5.69 Å². The van der Waals surface area contributed by atoms with Gasteiger partial charge in [-0.25, -0.2) is 0 Å². The van der Waals surface area contributed by atoms with Gasteiger partial charge in [0.1, 0.15) is 0 Å². The van der Waals surface area contributed by atoms with E-state index in [9.17, 15) is 5.11 Å². The summed E-state index contributed by atoms with van der Waals surface area (Å²) in [6, 6.07) is 7.81. The maximum absolute atomic E-state index is 9.37. The normalized spacial score (nSPS) is 12.8. The van der Waals surface area contributed by atoms with Crippen molar-refractivity contribution in [3.05, 3.63) is 29.8 Å². The first-order valence-electron chi connectivity index (χ1n) is 4.75. The van der Waals surface area contributed by atoms with E-state index in [-0.39, 0.29) is 6.10 Å². The molecule has 0 saturated carbocycles. The molecular weight excluding hydrogens is 162 g/mol. The van der Waals surface area contributed by atoms with Crippen LogP contribution in [0.4, 0.5) is 5.69 Å². The summed E-state index contributed by atoms with van der Waals surface area (Å²) in [5.41, 5.74) is 7.73. The standard InChI is InChI=1S/C11H17NO/c1-2-10(13)8-7-9-5-3-4-6-11(9)12/h3-6,10,13H,2,7-8,12H2,1H3. The number of benzene rings is 1. The predicted octanol–water partition coefficient (Wildman–Crippen LogP) is 1.97. The molecule has 1 rings (SSSR count). The first-order chi connectivity index (χ1) is 6.24. The van der Waals surface area contributed by atoms with E-state index in [1.54, 1.807) is 0 Å². The number of anilines is 1. The van der Waals surface area contributed by atoms with E-state index in [0.717, 1.165) is 30.5 Å². The molecule has 0 spiro atoms. The zero-order chi connectivity index (χ0) is 9.68. The first-order valence-corrected chi connectivity index (χ1v) is 4.75. The van der Waals surface area contributed by atoms with Crippen LogP contribution in [0.15, 0.2) is 24.3 Å². The van der Waals surface area contributed by atoms with Crippen molar-refractivity contribution < 1.29 is 5.11 Å². The Bertz CT molecular complexity index is 260. The minimum absolute atomic E-state index is 0.195. The molecule has 1 aromatic rings. The zero-order valence-corrected chi connectivity index (χ0v) is 8.03. The van der Waals surface area contributed by atoms with Gasteiger partial charge in [-0.05, 0) is 30.9 Å². The highest BCUT2D eigenvalue weighted by atomic mass is 16.3. The lowest BCUT2D eigenvalue weighted by Crippen LogP contribution is -2.06. The van der Waals surface area contributed by atoms with Gasteiger partial charge in [0.15, 0.2) is 0 Å². The minimum Gasteiger partial charge on any atom is -0.399 e. The number of hydrogen-bond donors (Lipinski definition) is 2. The Labute approximate surface area is 79.4 Å². The molecule has 0 bridgehead atoms. The molecule has 3 N–H and O–H groups in total. The van der Waals surface area contributed by atoms with E-state index in [4.69, 9.17) is 5.73 Å². The highest BCUT2D eigenvalue weighted by Crippen LogP contribution is 2.14. The Kier molecular flexibility index (Phi) is 3.77. The van der Waals surface area contributed by atoms with Gasteiger partial charge in [0.2, 0.25) is 0 Å². The Balaban J connectivity index is 2.50. The molecule has 0 amide bonds. The predicted molar refractivity (Wildman–Crippen MR) is 55.5 cm³/mol. The van der Waals surface area contributed by atoms with Crippen molar-refractivity contribution in [2.45, 2.75) is 32.3 Å². The topological polar surface area (TPSA) is 46.2 Å². The van der Waals surface area contributed by atoms with E-state index in [0.29, 0.717) is 0 Å². The largest absolute Gasteiger partial charge is 0.399 e. The molecule has 2 nitrogen and oxygen atoms in total. The lowest BCUT2D eigenvalue weighted by atomic mass is 10.0. The second-order valence-corrected chi connectivity index (χ2v) is 3.30. The molecule has 0 radical (unpaired) electrons. The molecule has 1 aromatic carbocycles. The van der Waals surface area contributed by atoms with Crippen LogP contribution in [0, 0.1) is 0 Å². The number of rotatable bonds is 4. The van der Waals surface area contributed by atoms with Crippen LogP contribution in [-0.4, -0.2) is 11.2 Å². The maximum atomic E-state index is 9.37. The quantitative estimate of drug-likeness (QED) is 0.694. The molecular formula is C11H17NO.